The first-order chi connectivity index (χ1) is 6.56. The minimum atomic E-state index is -1.79. The molecule has 3 N–H and O–H groups in total. The molecule has 1 unspecified atom stereocenters. The lowest BCUT2D eigenvalue weighted by atomic mass is 10.2. The number of hydrogen-bond acceptors (Lipinski definition) is 3. The van der Waals surface area contributed by atoms with E-state index >= 15 is 0 Å². The molecule has 5 heteroatoms. The fourth-order valence-corrected chi connectivity index (χ4v) is 1.88. The van der Waals surface area contributed by atoms with Crippen molar-refractivity contribution in [3.63, 3.8) is 0 Å². The van der Waals surface area contributed by atoms with Gasteiger partial charge in [-0.3, -0.25) is 4.79 Å². The van der Waals surface area contributed by atoms with Crippen LogP contribution in [0.1, 0.15) is 27.2 Å². The Bertz CT molecular complexity index is 223. The largest absolute Gasteiger partial charge is 0.481 e. The molecule has 0 radical (unpaired) electrons. The predicted octanol–water partition coefficient (Wildman–Crippen LogP) is 1.81. The van der Waals surface area contributed by atoms with Gasteiger partial charge in [0.25, 0.3) is 0 Å². The second kappa shape index (κ2) is 5.09. The van der Waals surface area contributed by atoms with Gasteiger partial charge in [-0.05, 0) is 18.1 Å². The zero-order valence-corrected chi connectivity index (χ0v) is 11.3. The van der Waals surface area contributed by atoms with Gasteiger partial charge < -0.3 is 15.3 Å². The smallest absolute Gasteiger partial charge is 0.305 e. The summed E-state index contributed by atoms with van der Waals surface area (Å²) in [6.07, 6.45) is -0.0331. The first-order valence-electron chi connectivity index (χ1n) is 5.17. The van der Waals surface area contributed by atoms with Crippen LogP contribution in [0.5, 0.6) is 0 Å². The lowest BCUT2D eigenvalue weighted by Crippen LogP contribution is -2.44. The van der Waals surface area contributed by atoms with Crippen molar-refractivity contribution in [2.24, 2.45) is 5.73 Å². The van der Waals surface area contributed by atoms with E-state index in [2.05, 4.69) is 33.9 Å². The van der Waals surface area contributed by atoms with Gasteiger partial charge in [-0.15, -0.1) is 0 Å². The molecule has 4 nitrogen and oxygen atoms in total. The van der Waals surface area contributed by atoms with Crippen LogP contribution in [-0.4, -0.2) is 32.0 Å². The third-order valence-corrected chi connectivity index (χ3v) is 7.40. The second-order valence-corrected chi connectivity index (χ2v) is 10.2. The third kappa shape index (κ3) is 5.29. The molecule has 0 aromatic heterocycles. The van der Waals surface area contributed by atoms with Crippen molar-refractivity contribution in [1.29, 1.82) is 0 Å². The van der Waals surface area contributed by atoms with Crippen LogP contribution in [0.15, 0.2) is 0 Å². The van der Waals surface area contributed by atoms with Crippen molar-refractivity contribution in [2.75, 3.05) is 6.61 Å². The first-order valence-corrected chi connectivity index (χ1v) is 8.08. The van der Waals surface area contributed by atoms with E-state index in [1.807, 2.05) is 0 Å². The molecule has 0 amide bonds. The van der Waals surface area contributed by atoms with Crippen molar-refractivity contribution in [1.82, 2.24) is 0 Å². The maximum absolute atomic E-state index is 10.4. The summed E-state index contributed by atoms with van der Waals surface area (Å²) in [5.74, 6) is -0.874. The Hall–Kier alpha value is -0.393. The molecule has 0 fully saturated rings. The van der Waals surface area contributed by atoms with Gasteiger partial charge in [0, 0.05) is 12.6 Å². The number of nitrogens with two attached hydrogens (primary N) is 1. The van der Waals surface area contributed by atoms with Crippen LogP contribution in [0.3, 0.4) is 0 Å². The normalized spacial score (nSPS) is 15.1. The monoisotopic (exact) mass is 233 g/mol. The SMILES string of the molecule is CC(C)(C)[Si](C)(C)OCC(N)CC(=O)O. The highest BCUT2D eigenvalue weighted by atomic mass is 28.4. The molecule has 0 aliphatic heterocycles. The number of rotatable bonds is 5. The fraction of sp³-hybridized carbons (Fsp3) is 0.900. The number of carboxylic acids is 1. The lowest BCUT2D eigenvalue weighted by molar-refractivity contribution is -0.137. The fourth-order valence-electron chi connectivity index (χ4n) is 0.815. The zero-order valence-electron chi connectivity index (χ0n) is 10.3. The van der Waals surface area contributed by atoms with Crippen LogP contribution in [0.25, 0.3) is 0 Å². The summed E-state index contributed by atoms with van der Waals surface area (Å²) in [5, 5.41) is 8.68. The van der Waals surface area contributed by atoms with E-state index in [0.717, 1.165) is 0 Å². The average Bonchev–Trinajstić information content (AvgIpc) is 1.97. The van der Waals surface area contributed by atoms with Gasteiger partial charge in [0.15, 0.2) is 8.32 Å². The molecule has 0 saturated carbocycles. The van der Waals surface area contributed by atoms with Gasteiger partial charge in [0.2, 0.25) is 0 Å². The highest BCUT2D eigenvalue weighted by molar-refractivity contribution is 6.74. The molecule has 0 rings (SSSR count). The summed E-state index contributed by atoms with van der Waals surface area (Å²) in [6, 6.07) is -0.406. The van der Waals surface area contributed by atoms with Crippen molar-refractivity contribution >= 4 is 14.3 Å². The quantitative estimate of drug-likeness (QED) is 0.710. The second-order valence-electron chi connectivity index (χ2n) is 5.43. The molecule has 1 atom stereocenters. The Kier molecular flexibility index (Phi) is 4.96. The number of carboxylic acid groups (broad SMARTS) is 1. The summed E-state index contributed by atoms with van der Waals surface area (Å²) in [4.78, 5) is 10.4. The van der Waals surface area contributed by atoms with Gasteiger partial charge in [-0.2, -0.15) is 0 Å². The Labute approximate surface area is 92.9 Å². The summed E-state index contributed by atoms with van der Waals surface area (Å²) in [7, 11) is -1.79. The van der Waals surface area contributed by atoms with E-state index in [9.17, 15) is 4.79 Å². The molecule has 0 saturated heterocycles. The highest BCUT2D eigenvalue weighted by Crippen LogP contribution is 2.36. The van der Waals surface area contributed by atoms with E-state index in [4.69, 9.17) is 15.3 Å². The molecule has 0 aliphatic carbocycles. The van der Waals surface area contributed by atoms with Crippen LogP contribution in [0.4, 0.5) is 0 Å². The molecule has 0 aromatic carbocycles. The van der Waals surface area contributed by atoms with E-state index in [1.165, 1.54) is 0 Å². The van der Waals surface area contributed by atoms with E-state index < -0.39 is 20.3 Å². The summed E-state index contributed by atoms with van der Waals surface area (Å²) in [6.45, 7) is 11.0. The summed E-state index contributed by atoms with van der Waals surface area (Å²) >= 11 is 0. The summed E-state index contributed by atoms with van der Waals surface area (Å²) in [5.41, 5.74) is 5.64. The van der Waals surface area contributed by atoms with Crippen LogP contribution >= 0.6 is 0 Å². The van der Waals surface area contributed by atoms with Gasteiger partial charge in [-0.25, -0.2) is 0 Å². The molecule has 0 spiro atoms. The Balaban J connectivity index is 4.10. The van der Waals surface area contributed by atoms with Crippen LogP contribution in [0, 0.1) is 0 Å². The van der Waals surface area contributed by atoms with Crippen LogP contribution in [-0.2, 0) is 9.22 Å². The standard InChI is InChI=1S/C10H23NO3Si/c1-10(2,3)15(4,5)14-7-8(11)6-9(12)13/h8H,6-7,11H2,1-5H3,(H,12,13). The molecule has 0 aliphatic rings. The minimum Gasteiger partial charge on any atom is -0.481 e. The van der Waals surface area contributed by atoms with Crippen molar-refractivity contribution in [3.8, 4) is 0 Å². The molecular formula is C10H23NO3Si. The molecule has 90 valence electrons. The number of hydrogen-bond donors (Lipinski definition) is 2. The number of carbonyl (C=O) groups is 1. The van der Waals surface area contributed by atoms with E-state index in [-0.39, 0.29) is 11.5 Å². The number of aliphatic carboxylic acids is 1. The Morgan fingerprint density at radius 1 is 1.47 bits per heavy atom. The van der Waals surface area contributed by atoms with Crippen molar-refractivity contribution < 1.29 is 14.3 Å². The Morgan fingerprint density at radius 3 is 2.27 bits per heavy atom. The average molecular weight is 233 g/mol. The van der Waals surface area contributed by atoms with E-state index in [1.54, 1.807) is 0 Å². The Morgan fingerprint density at radius 2 is 1.93 bits per heavy atom. The predicted molar refractivity (Wildman–Crippen MR) is 63.4 cm³/mol. The molecular weight excluding hydrogens is 210 g/mol. The maximum atomic E-state index is 10.4. The topological polar surface area (TPSA) is 72.5 Å². The maximum Gasteiger partial charge on any atom is 0.305 e. The van der Waals surface area contributed by atoms with E-state index in [0.29, 0.717) is 6.61 Å². The van der Waals surface area contributed by atoms with Gasteiger partial charge in [0.1, 0.15) is 0 Å². The third-order valence-electron chi connectivity index (χ3n) is 2.90. The first kappa shape index (κ1) is 14.6. The minimum absolute atomic E-state index is 0.0331. The van der Waals surface area contributed by atoms with Gasteiger partial charge in [0.05, 0.1) is 6.42 Å². The van der Waals surface area contributed by atoms with Crippen LogP contribution < -0.4 is 5.73 Å². The van der Waals surface area contributed by atoms with Crippen molar-refractivity contribution in [2.45, 2.75) is 51.4 Å². The van der Waals surface area contributed by atoms with Gasteiger partial charge >= 0.3 is 5.97 Å². The summed E-state index contributed by atoms with van der Waals surface area (Å²) < 4.78 is 5.81. The van der Waals surface area contributed by atoms with Gasteiger partial charge in [-0.1, -0.05) is 20.8 Å². The lowest BCUT2D eigenvalue weighted by Gasteiger charge is -2.36. The molecule has 0 aromatic rings. The van der Waals surface area contributed by atoms with Crippen LogP contribution in [0.2, 0.25) is 18.1 Å². The highest BCUT2D eigenvalue weighted by Gasteiger charge is 2.37. The molecule has 0 bridgehead atoms. The molecule has 0 heterocycles. The molecule has 15 heavy (non-hydrogen) atoms. The zero-order chi connectivity index (χ0) is 12.3. The van der Waals surface area contributed by atoms with Crippen molar-refractivity contribution in [3.05, 3.63) is 0 Å².